The molecule has 1 aromatic carbocycles. The van der Waals surface area contributed by atoms with Gasteiger partial charge in [0.2, 0.25) is 5.91 Å². The van der Waals surface area contributed by atoms with Gasteiger partial charge in [-0.2, -0.15) is 0 Å². The lowest BCUT2D eigenvalue weighted by Crippen LogP contribution is -2.88. The first-order chi connectivity index (χ1) is 11.3. The Morgan fingerprint density at radius 2 is 1.54 bits per heavy atom. The smallest absolute Gasteiger partial charge is 0.275 e. The van der Waals surface area contributed by atoms with Crippen LogP contribution in [0.5, 0.6) is 0 Å². The molecule has 0 spiro atoms. The van der Waals surface area contributed by atoms with Crippen molar-refractivity contribution in [3.05, 3.63) is 35.4 Å². The number of likely N-dealkylation sites (N-methyl/N-ethyl adjacent to an activating group) is 1. The van der Waals surface area contributed by atoms with Crippen LogP contribution >= 0.6 is 0 Å². The number of carbonyl (C=O) groups is 2. The van der Waals surface area contributed by atoms with Crippen LogP contribution in [0.2, 0.25) is 0 Å². The van der Waals surface area contributed by atoms with Gasteiger partial charge in [0, 0.05) is 18.0 Å². The summed E-state index contributed by atoms with van der Waals surface area (Å²) in [5.74, 6) is 0.646. The van der Waals surface area contributed by atoms with E-state index in [2.05, 4.69) is 62.6 Å². The summed E-state index contributed by atoms with van der Waals surface area (Å²) in [5, 5.41) is 7.36. The molecule has 1 rings (SSSR count). The predicted molar refractivity (Wildman–Crippen MR) is 96.6 cm³/mol. The van der Waals surface area contributed by atoms with Gasteiger partial charge in [-0.25, -0.2) is 0 Å². The molecule has 0 aliphatic carbocycles. The Labute approximate surface area is 145 Å². The van der Waals surface area contributed by atoms with E-state index < -0.39 is 0 Å². The normalized spacial score (nSPS) is 12.3. The molecular weight excluding hydrogens is 302 g/mol. The van der Waals surface area contributed by atoms with Crippen molar-refractivity contribution in [2.24, 2.45) is 5.92 Å². The maximum absolute atomic E-state index is 11.9. The standard InChI is InChI=1S/C19H31N3O2/c1-6-20-17(23)11-21-18(24)12-22-19(14(4)5)16-9-7-15(8-10-16)13(2)3/h7-10,13-14,19,22H,6,11-12H2,1-5H3,(H,20,23)(H,21,24)/p+1/t19-/m1/s1. The van der Waals surface area contributed by atoms with Gasteiger partial charge in [-0.3, -0.25) is 9.59 Å². The van der Waals surface area contributed by atoms with Crippen molar-refractivity contribution in [3.8, 4) is 0 Å². The number of hydrogen-bond acceptors (Lipinski definition) is 2. The van der Waals surface area contributed by atoms with Gasteiger partial charge in [-0.15, -0.1) is 0 Å². The molecule has 0 aliphatic rings. The van der Waals surface area contributed by atoms with Crippen molar-refractivity contribution in [1.82, 2.24) is 10.6 Å². The summed E-state index contributed by atoms with van der Waals surface area (Å²) >= 11 is 0. The summed E-state index contributed by atoms with van der Waals surface area (Å²) in [7, 11) is 0. The van der Waals surface area contributed by atoms with Crippen LogP contribution in [0.4, 0.5) is 0 Å². The Morgan fingerprint density at radius 3 is 2.04 bits per heavy atom. The highest BCUT2D eigenvalue weighted by Gasteiger charge is 2.20. The fraction of sp³-hybridized carbons (Fsp3) is 0.579. The summed E-state index contributed by atoms with van der Waals surface area (Å²) in [6.07, 6.45) is 0. The fourth-order valence-electron chi connectivity index (χ4n) is 2.64. The minimum atomic E-state index is -0.157. The van der Waals surface area contributed by atoms with E-state index in [0.717, 1.165) is 0 Å². The van der Waals surface area contributed by atoms with Crippen molar-refractivity contribution < 1.29 is 14.9 Å². The molecule has 0 aliphatic heterocycles. The Kier molecular flexibility index (Phi) is 8.47. The number of carbonyl (C=O) groups excluding carboxylic acids is 2. The number of nitrogens with one attached hydrogen (secondary N) is 2. The van der Waals surface area contributed by atoms with Crippen molar-refractivity contribution >= 4 is 11.8 Å². The molecule has 0 aromatic heterocycles. The molecule has 5 heteroatoms. The average molecular weight is 334 g/mol. The number of amides is 2. The van der Waals surface area contributed by atoms with Crippen LogP contribution < -0.4 is 16.0 Å². The van der Waals surface area contributed by atoms with E-state index in [4.69, 9.17) is 0 Å². The molecule has 0 saturated heterocycles. The van der Waals surface area contributed by atoms with E-state index in [9.17, 15) is 9.59 Å². The summed E-state index contributed by atoms with van der Waals surface area (Å²) < 4.78 is 0. The molecule has 0 unspecified atom stereocenters. The van der Waals surface area contributed by atoms with Gasteiger partial charge in [0.05, 0.1) is 6.54 Å². The summed E-state index contributed by atoms with van der Waals surface area (Å²) in [6, 6.07) is 8.87. The van der Waals surface area contributed by atoms with Crippen molar-refractivity contribution in [2.75, 3.05) is 19.6 Å². The SMILES string of the molecule is CCNC(=O)CNC(=O)C[NH2+][C@@H](c1ccc(C(C)C)cc1)C(C)C. The second-order valence-corrected chi connectivity index (χ2v) is 6.76. The first-order valence-electron chi connectivity index (χ1n) is 8.81. The van der Waals surface area contributed by atoms with E-state index in [-0.39, 0.29) is 24.4 Å². The van der Waals surface area contributed by atoms with Gasteiger partial charge < -0.3 is 16.0 Å². The number of benzene rings is 1. The maximum atomic E-state index is 11.9. The second kappa shape index (κ2) is 10.1. The van der Waals surface area contributed by atoms with Gasteiger partial charge in [0.15, 0.2) is 6.54 Å². The first-order valence-corrected chi connectivity index (χ1v) is 8.81. The van der Waals surface area contributed by atoms with E-state index in [1.54, 1.807) is 0 Å². The van der Waals surface area contributed by atoms with Crippen LogP contribution in [0.3, 0.4) is 0 Å². The van der Waals surface area contributed by atoms with E-state index >= 15 is 0 Å². The third kappa shape index (κ3) is 6.71. The molecule has 1 atom stereocenters. The van der Waals surface area contributed by atoms with Crippen molar-refractivity contribution in [3.63, 3.8) is 0 Å². The summed E-state index contributed by atoms with van der Waals surface area (Å²) in [4.78, 5) is 23.3. The Morgan fingerprint density at radius 1 is 0.958 bits per heavy atom. The number of rotatable bonds is 9. The highest BCUT2D eigenvalue weighted by atomic mass is 16.2. The lowest BCUT2D eigenvalue weighted by atomic mass is 9.93. The average Bonchev–Trinajstić information content (AvgIpc) is 2.53. The van der Waals surface area contributed by atoms with Crippen LogP contribution in [-0.2, 0) is 9.59 Å². The predicted octanol–water partition coefficient (Wildman–Crippen LogP) is 1.32. The molecule has 0 radical (unpaired) electrons. The molecule has 4 N–H and O–H groups in total. The van der Waals surface area contributed by atoms with Crippen molar-refractivity contribution in [1.29, 1.82) is 0 Å². The highest BCUT2D eigenvalue weighted by Crippen LogP contribution is 2.21. The summed E-state index contributed by atoms with van der Waals surface area (Å²) in [5.41, 5.74) is 2.55. The van der Waals surface area contributed by atoms with E-state index in [1.807, 2.05) is 12.2 Å². The lowest BCUT2D eigenvalue weighted by molar-refractivity contribution is -0.692. The molecule has 5 nitrogen and oxygen atoms in total. The molecule has 2 amide bonds. The Hall–Kier alpha value is -1.88. The fourth-order valence-corrected chi connectivity index (χ4v) is 2.64. The molecule has 0 bridgehead atoms. The van der Waals surface area contributed by atoms with Gasteiger partial charge in [0.25, 0.3) is 5.91 Å². The summed E-state index contributed by atoms with van der Waals surface area (Å²) in [6.45, 7) is 11.5. The maximum Gasteiger partial charge on any atom is 0.275 e. The third-order valence-corrected chi connectivity index (χ3v) is 4.08. The van der Waals surface area contributed by atoms with Gasteiger partial charge in [-0.05, 0) is 18.4 Å². The van der Waals surface area contributed by atoms with E-state index in [0.29, 0.717) is 24.9 Å². The molecule has 24 heavy (non-hydrogen) atoms. The number of quaternary nitrogens is 1. The van der Waals surface area contributed by atoms with Crippen LogP contribution in [0.15, 0.2) is 24.3 Å². The van der Waals surface area contributed by atoms with Crippen molar-refractivity contribution in [2.45, 2.75) is 46.6 Å². The number of hydrogen-bond donors (Lipinski definition) is 3. The minimum Gasteiger partial charge on any atom is -0.355 e. The van der Waals surface area contributed by atoms with Gasteiger partial charge in [0.1, 0.15) is 6.04 Å². The first kappa shape index (κ1) is 20.2. The molecular formula is C19H32N3O2+. The van der Waals surface area contributed by atoms with Crippen LogP contribution in [0.25, 0.3) is 0 Å². The van der Waals surface area contributed by atoms with Gasteiger partial charge in [-0.1, -0.05) is 52.0 Å². The topological polar surface area (TPSA) is 74.8 Å². The zero-order chi connectivity index (χ0) is 18.1. The molecule has 0 heterocycles. The third-order valence-electron chi connectivity index (χ3n) is 4.08. The molecule has 134 valence electrons. The molecule has 0 fully saturated rings. The molecule has 1 aromatic rings. The molecule has 0 saturated carbocycles. The Bertz CT molecular complexity index is 524. The van der Waals surface area contributed by atoms with Gasteiger partial charge >= 0.3 is 0 Å². The number of nitrogens with two attached hydrogens (primary N) is 1. The minimum absolute atomic E-state index is 0.0376. The highest BCUT2D eigenvalue weighted by molar-refractivity contribution is 5.84. The monoisotopic (exact) mass is 334 g/mol. The van der Waals surface area contributed by atoms with Crippen LogP contribution in [0, 0.1) is 5.92 Å². The zero-order valence-corrected chi connectivity index (χ0v) is 15.6. The lowest BCUT2D eigenvalue weighted by Gasteiger charge is -2.20. The van der Waals surface area contributed by atoms with E-state index in [1.165, 1.54) is 11.1 Å². The Balaban J connectivity index is 2.57. The zero-order valence-electron chi connectivity index (χ0n) is 15.6. The second-order valence-electron chi connectivity index (χ2n) is 6.76. The largest absolute Gasteiger partial charge is 0.355 e. The van der Waals surface area contributed by atoms with Crippen LogP contribution in [0.1, 0.15) is 57.7 Å². The quantitative estimate of drug-likeness (QED) is 0.637. The van der Waals surface area contributed by atoms with Crippen LogP contribution in [-0.4, -0.2) is 31.4 Å².